The number of amides is 1. The molecular formula is C15H22BrN3O. The van der Waals surface area contributed by atoms with Crippen LogP contribution in [0, 0.1) is 5.92 Å². The summed E-state index contributed by atoms with van der Waals surface area (Å²) in [6.45, 7) is 4.21. The fourth-order valence-corrected chi connectivity index (χ4v) is 3.09. The molecule has 1 aromatic carbocycles. The van der Waals surface area contributed by atoms with Crippen LogP contribution in [0.5, 0.6) is 0 Å². The monoisotopic (exact) mass is 339 g/mol. The van der Waals surface area contributed by atoms with Crippen molar-refractivity contribution in [2.75, 3.05) is 25.0 Å². The molecule has 1 aromatic rings. The predicted molar refractivity (Wildman–Crippen MR) is 85.6 cm³/mol. The molecule has 4 nitrogen and oxygen atoms in total. The van der Waals surface area contributed by atoms with E-state index >= 15 is 0 Å². The van der Waals surface area contributed by atoms with Crippen LogP contribution in [-0.4, -0.2) is 36.5 Å². The number of carbonyl (C=O) groups is 1. The van der Waals surface area contributed by atoms with Gasteiger partial charge in [0.25, 0.3) is 0 Å². The summed E-state index contributed by atoms with van der Waals surface area (Å²) in [5.74, 6) is 0.592. The van der Waals surface area contributed by atoms with E-state index in [1.54, 1.807) is 0 Å². The minimum atomic E-state index is 0.0277. The van der Waals surface area contributed by atoms with Gasteiger partial charge in [-0.3, -0.25) is 9.69 Å². The van der Waals surface area contributed by atoms with Crippen LogP contribution < -0.4 is 11.1 Å². The predicted octanol–water partition coefficient (Wildman–Crippen LogP) is 2.45. The maximum atomic E-state index is 12.1. The second-order valence-electron chi connectivity index (χ2n) is 5.45. The molecule has 0 saturated carbocycles. The van der Waals surface area contributed by atoms with Crippen LogP contribution >= 0.6 is 15.9 Å². The lowest BCUT2D eigenvalue weighted by Crippen LogP contribution is -2.51. The van der Waals surface area contributed by atoms with Crippen molar-refractivity contribution in [1.29, 1.82) is 0 Å². The Bertz CT molecular complexity index is 449. The number of nitrogens with two attached hydrogens (primary N) is 1. The highest BCUT2D eigenvalue weighted by Crippen LogP contribution is 2.22. The maximum Gasteiger partial charge on any atom is 0.238 e. The molecule has 2 unspecified atom stereocenters. The number of piperidine rings is 1. The van der Waals surface area contributed by atoms with Crippen LogP contribution in [0.15, 0.2) is 28.7 Å². The molecule has 20 heavy (non-hydrogen) atoms. The summed E-state index contributed by atoms with van der Waals surface area (Å²) >= 11 is 3.38. The Morgan fingerprint density at radius 3 is 2.80 bits per heavy atom. The van der Waals surface area contributed by atoms with E-state index in [4.69, 9.17) is 5.73 Å². The Hall–Kier alpha value is -0.910. The van der Waals surface area contributed by atoms with Crippen molar-refractivity contribution in [3.8, 4) is 0 Å². The van der Waals surface area contributed by atoms with E-state index in [0.29, 0.717) is 25.0 Å². The van der Waals surface area contributed by atoms with Crippen LogP contribution in [0.2, 0.25) is 0 Å². The van der Waals surface area contributed by atoms with Crippen molar-refractivity contribution < 1.29 is 4.79 Å². The topological polar surface area (TPSA) is 58.4 Å². The highest BCUT2D eigenvalue weighted by Gasteiger charge is 2.28. The van der Waals surface area contributed by atoms with Gasteiger partial charge in [-0.2, -0.15) is 0 Å². The number of likely N-dealkylation sites (tertiary alicyclic amines) is 1. The number of nitrogens with one attached hydrogen (secondary N) is 1. The van der Waals surface area contributed by atoms with Gasteiger partial charge in [0, 0.05) is 22.7 Å². The molecule has 0 aromatic heterocycles. The molecule has 0 aliphatic carbocycles. The summed E-state index contributed by atoms with van der Waals surface area (Å²) in [6, 6.07) is 7.93. The van der Waals surface area contributed by atoms with Gasteiger partial charge in [0.2, 0.25) is 5.91 Å². The number of carbonyl (C=O) groups excluding carboxylic acids is 1. The molecule has 1 aliphatic heterocycles. The summed E-state index contributed by atoms with van der Waals surface area (Å²) in [6.07, 6.45) is 2.34. The lowest BCUT2D eigenvalue weighted by Gasteiger charge is -2.38. The van der Waals surface area contributed by atoms with E-state index in [1.807, 2.05) is 24.3 Å². The molecule has 1 amide bonds. The van der Waals surface area contributed by atoms with E-state index in [9.17, 15) is 4.79 Å². The number of hydrogen-bond donors (Lipinski definition) is 2. The standard InChI is InChI=1S/C15H22BrN3O/c1-11-3-2-8-19(14(11)9-17)10-15(20)18-13-6-4-12(16)5-7-13/h4-7,11,14H,2-3,8-10,17H2,1H3,(H,18,20). The fraction of sp³-hybridized carbons (Fsp3) is 0.533. The second kappa shape index (κ2) is 7.20. The molecule has 1 aliphatic rings. The fourth-order valence-electron chi connectivity index (χ4n) is 2.83. The number of halogens is 1. The minimum Gasteiger partial charge on any atom is -0.329 e. The summed E-state index contributed by atoms with van der Waals surface area (Å²) < 4.78 is 1.00. The minimum absolute atomic E-state index is 0.0277. The average molecular weight is 340 g/mol. The van der Waals surface area contributed by atoms with Crippen LogP contribution in [0.25, 0.3) is 0 Å². The Kier molecular flexibility index (Phi) is 5.57. The van der Waals surface area contributed by atoms with Gasteiger partial charge >= 0.3 is 0 Å². The van der Waals surface area contributed by atoms with Crippen LogP contribution in [0.4, 0.5) is 5.69 Å². The number of anilines is 1. The third kappa shape index (κ3) is 4.04. The van der Waals surface area contributed by atoms with Crippen molar-refractivity contribution in [3.05, 3.63) is 28.7 Å². The molecule has 2 atom stereocenters. The second-order valence-corrected chi connectivity index (χ2v) is 6.36. The molecule has 0 spiro atoms. The van der Waals surface area contributed by atoms with Gasteiger partial charge in [-0.15, -0.1) is 0 Å². The molecular weight excluding hydrogens is 318 g/mol. The van der Waals surface area contributed by atoms with E-state index in [-0.39, 0.29) is 5.91 Å². The highest BCUT2D eigenvalue weighted by atomic mass is 79.9. The summed E-state index contributed by atoms with van der Waals surface area (Å²) in [5, 5.41) is 2.93. The van der Waals surface area contributed by atoms with Gasteiger partial charge < -0.3 is 11.1 Å². The van der Waals surface area contributed by atoms with Crippen LogP contribution in [-0.2, 0) is 4.79 Å². The van der Waals surface area contributed by atoms with Crippen molar-refractivity contribution in [2.45, 2.75) is 25.8 Å². The number of benzene rings is 1. The van der Waals surface area contributed by atoms with Crippen molar-refractivity contribution in [1.82, 2.24) is 4.90 Å². The lowest BCUT2D eigenvalue weighted by atomic mass is 9.91. The van der Waals surface area contributed by atoms with Gasteiger partial charge in [-0.25, -0.2) is 0 Å². The van der Waals surface area contributed by atoms with Gasteiger partial charge in [-0.1, -0.05) is 22.9 Å². The Labute approximate surface area is 128 Å². The molecule has 1 fully saturated rings. The van der Waals surface area contributed by atoms with Gasteiger partial charge in [0.05, 0.1) is 6.54 Å². The van der Waals surface area contributed by atoms with Gasteiger partial charge in [-0.05, 0) is 49.6 Å². The highest BCUT2D eigenvalue weighted by molar-refractivity contribution is 9.10. The third-order valence-corrected chi connectivity index (χ3v) is 4.48. The van der Waals surface area contributed by atoms with Crippen molar-refractivity contribution >= 4 is 27.5 Å². The molecule has 3 N–H and O–H groups in total. The summed E-state index contributed by atoms with van der Waals surface area (Å²) in [4.78, 5) is 14.3. The van der Waals surface area contributed by atoms with Crippen molar-refractivity contribution in [3.63, 3.8) is 0 Å². The average Bonchev–Trinajstić information content (AvgIpc) is 2.42. The molecule has 0 radical (unpaired) electrons. The third-order valence-electron chi connectivity index (χ3n) is 3.95. The molecule has 1 saturated heterocycles. The smallest absolute Gasteiger partial charge is 0.238 e. The summed E-state index contributed by atoms with van der Waals surface area (Å²) in [5.41, 5.74) is 6.68. The SMILES string of the molecule is CC1CCCN(CC(=O)Nc2ccc(Br)cc2)C1CN. The zero-order valence-electron chi connectivity index (χ0n) is 11.8. The quantitative estimate of drug-likeness (QED) is 0.885. The maximum absolute atomic E-state index is 12.1. The molecule has 2 rings (SSSR count). The first-order chi connectivity index (χ1) is 9.60. The zero-order valence-corrected chi connectivity index (χ0v) is 13.4. The lowest BCUT2D eigenvalue weighted by molar-refractivity contribution is -0.118. The zero-order chi connectivity index (χ0) is 14.5. The number of hydrogen-bond acceptors (Lipinski definition) is 3. The largest absolute Gasteiger partial charge is 0.329 e. The first-order valence-corrected chi connectivity index (χ1v) is 7.89. The number of rotatable bonds is 4. The Morgan fingerprint density at radius 2 is 2.15 bits per heavy atom. The summed E-state index contributed by atoms with van der Waals surface area (Å²) in [7, 11) is 0. The van der Waals surface area contributed by atoms with E-state index in [2.05, 4.69) is 33.1 Å². The van der Waals surface area contributed by atoms with Crippen LogP contribution in [0.1, 0.15) is 19.8 Å². The Balaban J connectivity index is 1.91. The van der Waals surface area contributed by atoms with Crippen LogP contribution in [0.3, 0.4) is 0 Å². The first-order valence-electron chi connectivity index (χ1n) is 7.09. The van der Waals surface area contributed by atoms with Gasteiger partial charge in [0.1, 0.15) is 0 Å². The number of nitrogens with zero attached hydrogens (tertiary/aromatic N) is 1. The molecule has 5 heteroatoms. The Morgan fingerprint density at radius 1 is 1.45 bits per heavy atom. The first kappa shape index (κ1) is 15.5. The molecule has 0 bridgehead atoms. The molecule has 1 heterocycles. The van der Waals surface area contributed by atoms with E-state index in [1.165, 1.54) is 6.42 Å². The molecule has 110 valence electrons. The van der Waals surface area contributed by atoms with E-state index < -0.39 is 0 Å². The van der Waals surface area contributed by atoms with E-state index in [0.717, 1.165) is 23.1 Å². The van der Waals surface area contributed by atoms with Crippen molar-refractivity contribution in [2.24, 2.45) is 11.7 Å². The normalized spacial score (nSPS) is 23.6. The van der Waals surface area contributed by atoms with Gasteiger partial charge in [0.15, 0.2) is 0 Å².